The Bertz CT molecular complexity index is 977. The van der Waals surface area contributed by atoms with Crippen LogP contribution in [0.5, 0.6) is 0 Å². The fourth-order valence-corrected chi connectivity index (χ4v) is 3.61. The molecule has 1 amide bonds. The van der Waals surface area contributed by atoms with Crippen LogP contribution in [-0.2, 0) is 4.79 Å². The van der Waals surface area contributed by atoms with E-state index in [1.807, 2.05) is 42.5 Å². The van der Waals surface area contributed by atoms with Gasteiger partial charge in [-0.15, -0.1) is 10.2 Å². The number of carbonyl (C=O) groups is 1. The largest absolute Gasteiger partial charge is 0.411 e. The molecule has 136 valence electrons. The lowest BCUT2D eigenvalue weighted by Crippen LogP contribution is -2.28. The molecular formula is C19H15ClN4O2S. The van der Waals surface area contributed by atoms with Gasteiger partial charge in [-0.1, -0.05) is 59.8 Å². The molecule has 3 aromatic rings. The molecule has 1 aromatic heterocycles. The Labute approximate surface area is 165 Å². The average molecular weight is 399 g/mol. The number of hydrazone groups is 1. The Hall–Kier alpha value is -2.64. The minimum Gasteiger partial charge on any atom is -0.411 e. The zero-order valence-corrected chi connectivity index (χ0v) is 15.7. The topological polar surface area (TPSA) is 71.6 Å². The van der Waals surface area contributed by atoms with E-state index >= 15 is 0 Å². The molecule has 0 saturated carbocycles. The van der Waals surface area contributed by atoms with E-state index < -0.39 is 0 Å². The summed E-state index contributed by atoms with van der Waals surface area (Å²) >= 11 is 7.18. The number of amides is 1. The highest BCUT2D eigenvalue weighted by Gasteiger charge is 2.28. The highest BCUT2D eigenvalue weighted by atomic mass is 35.5. The third-order valence-electron chi connectivity index (χ3n) is 4.07. The van der Waals surface area contributed by atoms with E-state index in [1.54, 1.807) is 18.3 Å². The molecule has 6 nitrogen and oxygen atoms in total. The molecule has 4 rings (SSSR count). The van der Waals surface area contributed by atoms with Gasteiger partial charge in [-0.2, -0.15) is 5.10 Å². The quantitative estimate of drug-likeness (QED) is 0.594. The lowest BCUT2D eigenvalue weighted by Gasteiger charge is -2.21. The zero-order chi connectivity index (χ0) is 18.6. The van der Waals surface area contributed by atoms with Gasteiger partial charge < -0.3 is 4.42 Å². The Kier molecular flexibility index (Phi) is 5.22. The van der Waals surface area contributed by atoms with Gasteiger partial charge in [0.05, 0.1) is 11.8 Å². The first-order valence-corrected chi connectivity index (χ1v) is 9.69. The number of aromatic nitrogens is 2. The molecule has 0 aliphatic carbocycles. The molecule has 0 fully saturated rings. The number of nitrogens with zero attached hydrogens (tertiary/aromatic N) is 4. The second-order valence-corrected chi connectivity index (χ2v) is 7.23. The van der Waals surface area contributed by atoms with Crippen LogP contribution in [-0.4, -0.2) is 33.1 Å². The van der Waals surface area contributed by atoms with Gasteiger partial charge in [0.2, 0.25) is 5.89 Å². The lowest BCUT2D eigenvalue weighted by atomic mass is 10.0. The Morgan fingerprint density at radius 1 is 1.19 bits per heavy atom. The predicted molar refractivity (Wildman–Crippen MR) is 105 cm³/mol. The first kappa shape index (κ1) is 17.8. The fourth-order valence-electron chi connectivity index (χ4n) is 2.80. The number of hydrogen-bond donors (Lipinski definition) is 0. The highest BCUT2D eigenvalue weighted by Crippen LogP contribution is 2.30. The van der Waals surface area contributed by atoms with Crippen molar-refractivity contribution >= 4 is 35.5 Å². The number of benzene rings is 2. The number of halogens is 1. The van der Waals surface area contributed by atoms with Crippen LogP contribution in [0.4, 0.5) is 0 Å². The minimum absolute atomic E-state index is 0.0657. The summed E-state index contributed by atoms with van der Waals surface area (Å²) in [4.78, 5) is 12.6. The van der Waals surface area contributed by atoms with Gasteiger partial charge in [0.1, 0.15) is 0 Å². The van der Waals surface area contributed by atoms with Crippen molar-refractivity contribution in [3.8, 4) is 11.5 Å². The molecule has 2 aromatic carbocycles. The first-order valence-electron chi connectivity index (χ1n) is 8.32. The van der Waals surface area contributed by atoms with Gasteiger partial charge in [-0.25, -0.2) is 5.01 Å². The first-order chi connectivity index (χ1) is 13.2. The van der Waals surface area contributed by atoms with E-state index in [1.165, 1.54) is 16.8 Å². The van der Waals surface area contributed by atoms with Gasteiger partial charge in [0.25, 0.3) is 11.1 Å². The van der Waals surface area contributed by atoms with Crippen molar-refractivity contribution < 1.29 is 9.21 Å². The van der Waals surface area contributed by atoms with E-state index in [9.17, 15) is 4.79 Å². The number of rotatable bonds is 5. The molecule has 0 N–H and O–H groups in total. The molecule has 1 unspecified atom stereocenters. The monoisotopic (exact) mass is 398 g/mol. The van der Waals surface area contributed by atoms with Crippen LogP contribution in [0.1, 0.15) is 18.0 Å². The van der Waals surface area contributed by atoms with Crippen molar-refractivity contribution in [1.82, 2.24) is 15.2 Å². The van der Waals surface area contributed by atoms with Crippen LogP contribution in [0.2, 0.25) is 5.02 Å². The number of carbonyl (C=O) groups excluding carboxylic acids is 1. The molecule has 0 radical (unpaired) electrons. The van der Waals surface area contributed by atoms with Gasteiger partial charge in [-0.05, 0) is 23.8 Å². The van der Waals surface area contributed by atoms with Crippen LogP contribution in [0.3, 0.4) is 0 Å². The summed E-state index contributed by atoms with van der Waals surface area (Å²) in [5.41, 5.74) is 1.80. The third-order valence-corrected chi connectivity index (χ3v) is 5.11. The Morgan fingerprint density at radius 3 is 2.85 bits per heavy atom. The number of thioether (sulfide) groups is 1. The fraction of sp³-hybridized carbons (Fsp3) is 0.158. The maximum absolute atomic E-state index is 12.6. The van der Waals surface area contributed by atoms with Gasteiger partial charge in [0.15, 0.2) is 0 Å². The SMILES string of the molecule is O=C(CSc1nnc(-c2cccc(Cl)c2)o1)N1N=CCC1c1ccccc1. The molecule has 0 spiro atoms. The normalized spacial score (nSPS) is 16.0. The molecule has 2 heterocycles. The number of hydrogen-bond acceptors (Lipinski definition) is 6. The predicted octanol–water partition coefficient (Wildman–Crippen LogP) is 4.44. The smallest absolute Gasteiger partial charge is 0.277 e. The molecule has 1 aliphatic rings. The second-order valence-electron chi connectivity index (χ2n) is 5.87. The van der Waals surface area contributed by atoms with Crippen LogP contribution in [0.25, 0.3) is 11.5 Å². The minimum atomic E-state index is -0.106. The van der Waals surface area contributed by atoms with E-state index in [-0.39, 0.29) is 17.7 Å². The molecule has 0 bridgehead atoms. The highest BCUT2D eigenvalue weighted by molar-refractivity contribution is 7.99. The zero-order valence-electron chi connectivity index (χ0n) is 14.2. The van der Waals surface area contributed by atoms with E-state index in [0.29, 0.717) is 22.6 Å². The second kappa shape index (κ2) is 7.94. The molecular weight excluding hydrogens is 384 g/mol. The van der Waals surface area contributed by atoms with E-state index in [0.717, 1.165) is 11.1 Å². The van der Waals surface area contributed by atoms with Crippen LogP contribution < -0.4 is 0 Å². The van der Waals surface area contributed by atoms with Crippen molar-refractivity contribution in [2.24, 2.45) is 5.10 Å². The summed E-state index contributed by atoms with van der Waals surface area (Å²) in [6, 6.07) is 17.0. The summed E-state index contributed by atoms with van der Waals surface area (Å²) in [6.45, 7) is 0. The van der Waals surface area contributed by atoms with Crippen molar-refractivity contribution in [2.45, 2.75) is 17.7 Å². The van der Waals surface area contributed by atoms with Gasteiger partial charge >= 0.3 is 0 Å². The molecule has 8 heteroatoms. The van der Waals surface area contributed by atoms with Gasteiger partial charge in [0, 0.05) is 23.2 Å². The summed E-state index contributed by atoms with van der Waals surface area (Å²) in [5.74, 6) is 0.427. The van der Waals surface area contributed by atoms with Crippen molar-refractivity contribution in [3.63, 3.8) is 0 Å². The lowest BCUT2D eigenvalue weighted by molar-refractivity contribution is -0.130. The molecule has 1 aliphatic heterocycles. The van der Waals surface area contributed by atoms with Crippen LogP contribution in [0.15, 0.2) is 69.3 Å². The van der Waals surface area contributed by atoms with Crippen molar-refractivity contribution in [3.05, 3.63) is 65.2 Å². The molecule has 1 atom stereocenters. The molecule has 27 heavy (non-hydrogen) atoms. The Balaban J connectivity index is 1.40. The maximum Gasteiger partial charge on any atom is 0.277 e. The van der Waals surface area contributed by atoms with Crippen molar-refractivity contribution in [1.29, 1.82) is 0 Å². The van der Waals surface area contributed by atoms with Crippen LogP contribution >= 0.6 is 23.4 Å². The summed E-state index contributed by atoms with van der Waals surface area (Å²) < 4.78 is 5.62. The summed E-state index contributed by atoms with van der Waals surface area (Å²) in [6.07, 6.45) is 2.48. The summed E-state index contributed by atoms with van der Waals surface area (Å²) in [7, 11) is 0. The standard InChI is InChI=1S/C19H15ClN4O2S/c20-15-8-4-7-14(11-15)18-22-23-19(26-18)27-12-17(25)24-16(9-10-21-24)13-5-2-1-3-6-13/h1-8,10-11,16H,9,12H2. The van der Waals surface area contributed by atoms with E-state index in [4.69, 9.17) is 16.0 Å². The Morgan fingerprint density at radius 2 is 2.04 bits per heavy atom. The summed E-state index contributed by atoms with van der Waals surface area (Å²) in [5, 5.41) is 14.7. The van der Waals surface area contributed by atoms with Gasteiger partial charge in [-0.3, -0.25) is 4.79 Å². The van der Waals surface area contributed by atoms with Crippen molar-refractivity contribution in [2.75, 3.05) is 5.75 Å². The maximum atomic E-state index is 12.6. The van der Waals surface area contributed by atoms with E-state index in [2.05, 4.69) is 15.3 Å². The van der Waals surface area contributed by atoms with Crippen LogP contribution in [0, 0.1) is 0 Å². The average Bonchev–Trinajstić information content (AvgIpc) is 3.36. The molecule has 0 saturated heterocycles. The third kappa shape index (κ3) is 4.04.